The second-order valence-electron chi connectivity index (χ2n) is 9.33. The molecule has 0 fully saturated rings. The number of amides is 1. The number of hydrogen-bond acceptors (Lipinski definition) is 6. The van der Waals surface area contributed by atoms with Crippen molar-refractivity contribution in [3.63, 3.8) is 0 Å². The standard InChI is InChI=1S/C30H20Cl2N4O5/c31-26-20(17-9-10-36-25(13-17)33-14-19(16-37)29(36)38)3-1-4-21(26)22-5-2-6-23(27(22)32)24-8-7-18-15-35(30(39)40)11-12-41-28(18)34-24/h1-10,13-14,16H,11-12,15H2,(H,39,40). The topological polar surface area (TPSA) is 114 Å². The molecular weight excluding hydrogens is 567 g/mol. The normalized spacial score (nSPS) is 12.9. The molecule has 11 heteroatoms. The maximum atomic E-state index is 12.4. The maximum absolute atomic E-state index is 12.4. The Hall–Kier alpha value is -4.73. The van der Waals surface area contributed by atoms with Crippen LogP contribution in [-0.2, 0) is 6.54 Å². The van der Waals surface area contributed by atoms with Gasteiger partial charge in [-0.05, 0) is 29.8 Å². The lowest BCUT2D eigenvalue weighted by Gasteiger charge is -2.15. The summed E-state index contributed by atoms with van der Waals surface area (Å²) in [6, 6.07) is 18.2. The molecule has 4 heterocycles. The van der Waals surface area contributed by atoms with Crippen LogP contribution in [0.3, 0.4) is 0 Å². The lowest BCUT2D eigenvalue weighted by atomic mass is 9.97. The van der Waals surface area contributed by atoms with Crippen molar-refractivity contribution in [3.8, 4) is 39.4 Å². The van der Waals surface area contributed by atoms with Crippen LogP contribution in [0.4, 0.5) is 4.79 Å². The Labute approximate surface area is 243 Å². The number of ether oxygens (including phenoxy) is 1. The summed E-state index contributed by atoms with van der Waals surface area (Å²) in [6.07, 6.45) is 2.28. The maximum Gasteiger partial charge on any atom is 0.407 e. The smallest absolute Gasteiger partial charge is 0.407 e. The van der Waals surface area contributed by atoms with Gasteiger partial charge in [0, 0.05) is 40.2 Å². The molecule has 0 radical (unpaired) electrons. The molecule has 5 aromatic rings. The number of fused-ring (bicyclic) bond motifs is 2. The highest BCUT2D eigenvalue weighted by Crippen LogP contribution is 2.42. The molecular formula is C30H20Cl2N4O5. The van der Waals surface area contributed by atoms with Gasteiger partial charge in [0.2, 0.25) is 5.88 Å². The minimum Gasteiger partial charge on any atom is -0.476 e. The summed E-state index contributed by atoms with van der Waals surface area (Å²) in [5.74, 6) is 0.372. The number of halogens is 2. The molecule has 3 aromatic heterocycles. The highest BCUT2D eigenvalue weighted by Gasteiger charge is 2.22. The van der Waals surface area contributed by atoms with Crippen LogP contribution in [0.25, 0.3) is 39.2 Å². The van der Waals surface area contributed by atoms with Crippen LogP contribution >= 0.6 is 23.2 Å². The zero-order chi connectivity index (χ0) is 28.7. The lowest BCUT2D eigenvalue weighted by Crippen LogP contribution is -2.30. The van der Waals surface area contributed by atoms with Crippen molar-refractivity contribution in [2.45, 2.75) is 6.54 Å². The van der Waals surface area contributed by atoms with Gasteiger partial charge in [-0.25, -0.2) is 14.8 Å². The van der Waals surface area contributed by atoms with E-state index in [-0.39, 0.29) is 25.3 Å². The first-order valence-corrected chi connectivity index (χ1v) is 13.3. The molecule has 2 aromatic carbocycles. The van der Waals surface area contributed by atoms with Crippen LogP contribution in [0.5, 0.6) is 5.88 Å². The summed E-state index contributed by atoms with van der Waals surface area (Å²) >= 11 is 13.9. The third-order valence-corrected chi connectivity index (χ3v) is 7.72. The number of aromatic nitrogens is 3. The van der Waals surface area contributed by atoms with Gasteiger partial charge in [-0.2, -0.15) is 0 Å². The van der Waals surface area contributed by atoms with Gasteiger partial charge in [0.1, 0.15) is 12.3 Å². The fourth-order valence-corrected chi connectivity index (χ4v) is 5.46. The third-order valence-electron chi connectivity index (χ3n) is 6.91. The summed E-state index contributed by atoms with van der Waals surface area (Å²) in [5.41, 5.74) is 4.64. The molecule has 6 rings (SSSR count). The van der Waals surface area contributed by atoms with E-state index >= 15 is 0 Å². The predicted octanol–water partition coefficient (Wildman–Crippen LogP) is 6.08. The van der Waals surface area contributed by atoms with Gasteiger partial charge < -0.3 is 14.7 Å². The molecule has 41 heavy (non-hydrogen) atoms. The summed E-state index contributed by atoms with van der Waals surface area (Å²) in [7, 11) is 0. The number of carboxylic acid groups (broad SMARTS) is 1. The molecule has 9 nitrogen and oxygen atoms in total. The van der Waals surface area contributed by atoms with Crippen molar-refractivity contribution in [3.05, 3.63) is 105 Å². The fraction of sp³-hybridized carbons (Fsp3) is 0.100. The Kier molecular flexibility index (Phi) is 6.90. The first kappa shape index (κ1) is 26.5. The van der Waals surface area contributed by atoms with Gasteiger partial charge in [0.15, 0.2) is 6.29 Å². The van der Waals surface area contributed by atoms with Gasteiger partial charge >= 0.3 is 6.09 Å². The van der Waals surface area contributed by atoms with E-state index in [1.54, 1.807) is 30.5 Å². The quantitative estimate of drug-likeness (QED) is 0.254. The first-order chi connectivity index (χ1) is 19.9. The molecule has 1 aliphatic heterocycles. The fourth-order valence-electron chi connectivity index (χ4n) is 4.80. The third kappa shape index (κ3) is 4.79. The first-order valence-electron chi connectivity index (χ1n) is 12.5. The van der Waals surface area contributed by atoms with Gasteiger partial charge in [-0.15, -0.1) is 0 Å². The van der Waals surface area contributed by atoms with Crippen molar-refractivity contribution >= 4 is 41.2 Å². The summed E-state index contributed by atoms with van der Waals surface area (Å²) in [5, 5.41) is 10.3. The van der Waals surface area contributed by atoms with E-state index in [1.807, 2.05) is 36.4 Å². The summed E-state index contributed by atoms with van der Waals surface area (Å²) in [4.78, 5) is 45.2. The van der Waals surface area contributed by atoms with Crippen LogP contribution in [0, 0.1) is 0 Å². The molecule has 0 bridgehead atoms. The van der Waals surface area contributed by atoms with E-state index in [1.165, 1.54) is 15.5 Å². The van der Waals surface area contributed by atoms with Crippen LogP contribution < -0.4 is 10.3 Å². The lowest BCUT2D eigenvalue weighted by molar-refractivity contribution is 0.112. The van der Waals surface area contributed by atoms with E-state index in [4.69, 9.17) is 27.9 Å². The Bertz CT molecular complexity index is 1920. The minimum atomic E-state index is -1.01. The van der Waals surface area contributed by atoms with Crippen molar-refractivity contribution in [2.24, 2.45) is 0 Å². The predicted molar refractivity (Wildman–Crippen MR) is 155 cm³/mol. The highest BCUT2D eigenvalue weighted by molar-refractivity contribution is 6.39. The van der Waals surface area contributed by atoms with Crippen molar-refractivity contribution in [1.82, 2.24) is 19.3 Å². The molecule has 0 saturated heterocycles. The van der Waals surface area contributed by atoms with Crippen molar-refractivity contribution in [2.75, 3.05) is 13.2 Å². The zero-order valence-corrected chi connectivity index (χ0v) is 22.8. The number of pyridine rings is 2. The monoisotopic (exact) mass is 586 g/mol. The van der Waals surface area contributed by atoms with Crippen LogP contribution in [0.15, 0.2) is 77.9 Å². The molecule has 0 spiro atoms. The van der Waals surface area contributed by atoms with E-state index in [9.17, 15) is 19.5 Å². The number of carbonyl (C=O) groups excluding carboxylic acids is 1. The van der Waals surface area contributed by atoms with Gasteiger partial charge in [0.25, 0.3) is 5.56 Å². The highest BCUT2D eigenvalue weighted by atomic mass is 35.5. The van der Waals surface area contributed by atoms with Gasteiger partial charge in [-0.3, -0.25) is 14.0 Å². The number of aldehydes is 1. The van der Waals surface area contributed by atoms with E-state index < -0.39 is 11.7 Å². The number of rotatable bonds is 4. The molecule has 0 aliphatic carbocycles. The van der Waals surface area contributed by atoms with Crippen molar-refractivity contribution in [1.29, 1.82) is 0 Å². The average Bonchev–Trinajstić information content (AvgIpc) is 3.20. The minimum absolute atomic E-state index is 0.0254. The number of nitrogens with zero attached hydrogens (tertiary/aromatic N) is 4. The zero-order valence-electron chi connectivity index (χ0n) is 21.3. The molecule has 0 saturated carbocycles. The Morgan fingerprint density at radius 1 is 0.976 bits per heavy atom. The van der Waals surface area contributed by atoms with Gasteiger partial charge in [-0.1, -0.05) is 59.6 Å². The molecule has 1 N–H and O–H groups in total. The van der Waals surface area contributed by atoms with E-state index in [0.29, 0.717) is 61.4 Å². The summed E-state index contributed by atoms with van der Waals surface area (Å²) < 4.78 is 7.06. The SMILES string of the molecule is O=Cc1cnc2cc(-c3cccc(-c4cccc(-c5ccc6c(n5)OCCN(C(=O)O)C6)c4Cl)c3Cl)ccn2c1=O. The van der Waals surface area contributed by atoms with Gasteiger partial charge in [0.05, 0.1) is 34.4 Å². The van der Waals surface area contributed by atoms with E-state index in [0.717, 1.165) is 5.56 Å². The van der Waals surface area contributed by atoms with Crippen LogP contribution in [0.1, 0.15) is 15.9 Å². The molecule has 0 unspecified atom stereocenters. The Morgan fingerprint density at radius 3 is 2.41 bits per heavy atom. The largest absolute Gasteiger partial charge is 0.476 e. The second kappa shape index (κ2) is 10.7. The number of hydrogen-bond donors (Lipinski definition) is 1. The number of benzene rings is 2. The van der Waals surface area contributed by atoms with Crippen LogP contribution in [0.2, 0.25) is 10.0 Å². The Balaban J connectivity index is 1.39. The molecule has 204 valence electrons. The summed E-state index contributed by atoms with van der Waals surface area (Å²) in [6.45, 7) is 0.629. The number of carbonyl (C=O) groups is 2. The van der Waals surface area contributed by atoms with Crippen molar-refractivity contribution < 1.29 is 19.4 Å². The molecule has 1 aliphatic rings. The van der Waals surface area contributed by atoms with E-state index in [2.05, 4.69) is 9.97 Å². The molecule has 0 atom stereocenters. The Morgan fingerprint density at radius 2 is 1.68 bits per heavy atom. The second-order valence-corrected chi connectivity index (χ2v) is 10.1. The molecule has 1 amide bonds. The average molecular weight is 587 g/mol. The van der Waals surface area contributed by atoms with Crippen LogP contribution in [-0.4, -0.2) is 49.9 Å².